The van der Waals surface area contributed by atoms with Crippen LogP contribution in [0.2, 0.25) is 0 Å². The number of rotatable bonds is 5. The van der Waals surface area contributed by atoms with Gasteiger partial charge in [-0.15, -0.1) is 0 Å². The van der Waals surface area contributed by atoms with Crippen LogP contribution in [0.25, 0.3) is 0 Å². The molecule has 1 aromatic heterocycles. The third-order valence-corrected chi connectivity index (χ3v) is 3.92. The van der Waals surface area contributed by atoms with Gasteiger partial charge in [0.2, 0.25) is 0 Å². The van der Waals surface area contributed by atoms with Crippen molar-refractivity contribution >= 4 is 11.8 Å². The van der Waals surface area contributed by atoms with Gasteiger partial charge < -0.3 is 15.0 Å². The van der Waals surface area contributed by atoms with Crippen molar-refractivity contribution in [3.05, 3.63) is 23.4 Å². The minimum Gasteiger partial charge on any atom is -0.465 e. The number of likely N-dealkylation sites (tertiary alicyclic amines) is 1. The number of aryl methyl sites for hydroxylation is 1. The van der Waals surface area contributed by atoms with Crippen molar-refractivity contribution in [2.24, 2.45) is 0 Å². The molecule has 116 valence electrons. The third kappa shape index (κ3) is 4.70. The molecule has 1 aliphatic rings. The van der Waals surface area contributed by atoms with E-state index in [0.717, 1.165) is 18.9 Å². The molecular formula is C16H25N3O2. The van der Waals surface area contributed by atoms with Crippen LogP contribution in [-0.4, -0.2) is 49.1 Å². The molecular weight excluding hydrogens is 266 g/mol. The van der Waals surface area contributed by atoms with Crippen LogP contribution < -0.4 is 5.32 Å². The van der Waals surface area contributed by atoms with E-state index in [1.165, 1.54) is 45.9 Å². The molecule has 0 unspecified atom stereocenters. The summed E-state index contributed by atoms with van der Waals surface area (Å²) >= 11 is 0. The molecule has 5 heteroatoms. The van der Waals surface area contributed by atoms with Gasteiger partial charge in [0, 0.05) is 13.1 Å². The van der Waals surface area contributed by atoms with Crippen LogP contribution in [0.1, 0.15) is 41.7 Å². The predicted molar refractivity (Wildman–Crippen MR) is 83.7 cm³/mol. The Morgan fingerprint density at radius 3 is 2.62 bits per heavy atom. The molecule has 0 aromatic carbocycles. The number of nitrogens with zero attached hydrogens (tertiary/aromatic N) is 2. The number of hydrogen-bond acceptors (Lipinski definition) is 5. The number of carbonyl (C=O) groups is 1. The molecule has 0 spiro atoms. The van der Waals surface area contributed by atoms with Gasteiger partial charge >= 0.3 is 5.97 Å². The smallest absolute Gasteiger partial charge is 0.339 e. The van der Waals surface area contributed by atoms with Crippen LogP contribution in [0.4, 0.5) is 5.82 Å². The van der Waals surface area contributed by atoms with Gasteiger partial charge in [-0.3, -0.25) is 0 Å². The highest BCUT2D eigenvalue weighted by Gasteiger charge is 2.11. The van der Waals surface area contributed by atoms with Crippen LogP contribution in [0, 0.1) is 6.92 Å². The summed E-state index contributed by atoms with van der Waals surface area (Å²) in [6.07, 6.45) is 5.34. The Balaban J connectivity index is 1.83. The zero-order chi connectivity index (χ0) is 15.1. The maximum atomic E-state index is 11.5. The number of hydrogen-bond donors (Lipinski definition) is 1. The summed E-state index contributed by atoms with van der Waals surface area (Å²) in [6, 6.07) is 3.60. The summed E-state index contributed by atoms with van der Waals surface area (Å²) < 4.78 is 4.72. The maximum Gasteiger partial charge on any atom is 0.339 e. The SMILES string of the molecule is COC(=O)c1ccc(NCCN2CCCCCC2)nc1C. The average molecular weight is 291 g/mol. The van der Waals surface area contributed by atoms with Crippen molar-refractivity contribution in [2.45, 2.75) is 32.6 Å². The largest absolute Gasteiger partial charge is 0.465 e. The highest BCUT2D eigenvalue weighted by Crippen LogP contribution is 2.12. The van der Waals surface area contributed by atoms with E-state index in [1.54, 1.807) is 6.07 Å². The predicted octanol–water partition coefficient (Wildman–Crippen LogP) is 2.46. The van der Waals surface area contributed by atoms with Crippen molar-refractivity contribution in [3.63, 3.8) is 0 Å². The second-order valence-electron chi connectivity index (χ2n) is 5.50. The molecule has 0 radical (unpaired) electrons. The molecule has 5 nitrogen and oxygen atoms in total. The van der Waals surface area contributed by atoms with Crippen molar-refractivity contribution in [3.8, 4) is 0 Å². The summed E-state index contributed by atoms with van der Waals surface area (Å²) in [5, 5.41) is 3.33. The van der Waals surface area contributed by atoms with Gasteiger partial charge in [0.25, 0.3) is 0 Å². The number of pyridine rings is 1. The molecule has 0 aliphatic carbocycles. The Labute approximate surface area is 126 Å². The van der Waals surface area contributed by atoms with E-state index in [2.05, 4.69) is 15.2 Å². The first-order valence-corrected chi connectivity index (χ1v) is 7.73. The molecule has 1 aromatic rings. The maximum absolute atomic E-state index is 11.5. The first-order chi connectivity index (χ1) is 10.2. The second-order valence-corrected chi connectivity index (χ2v) is 5.50. The van der Waals surface area contributed by atoms with E-state index in [1.807, 2.05) is 13.0 Å². The molecule has 21 heavy (non-hydrogen) atoms. The number of aromatic nitrogens is 1. The van der Waals surface area contributed by atoms with E-state index in [0.29, 0.717) is 11.3 Å². The molecule has 1 aliphatic heterocycles. The normalized spacial score (nSPS) is 16.3. The van der Waals surface area contributed by atoms with Crippen molar-refractivity contribution in [1.29, 1.82) is 0 Å². The Bertz CT molecular complexity index is 469. The van der Waals surface area contributed by atoms with E-state index < -0.39 is 0 Å². The van der Waals surface area contributed by atoms with Crippen LogP contribution in [0.15, 0.2) is 12.1 Å². The summed E-state index contributed by atoms with van der Waals surface area (Å²) in [5.41, 5.74) is 1.22. The van der Waals surface area contributed by atoms with Crippen molar-refractivity contribution in [2.75, 3.05) is 38.6 Å². The van der Waals surface area contributed by atoms with Crippen LogP contribution in [0.5, 0.6) is 0 Å². The fourth-order valence-corrected chi connectivity index (χ4v) is 2.69. The molecule has 0 atom stereocenters. The number of nitrogens with one attached hydrogen (secondary N) is 1. The molecule has 2 heterocycles. The average Bonchev–Trinajstić information content (AvgIpc) is 2.75. The summed E-state index contributed by atoms with van der Waals surface area (Å²) in [4.78, 5) is 18.4. The number of anilines is 1. The molecule has 2 rings (SSSR count). The third-order valence-electron chi connectivity index (χ3n) is 3.92. The zero-order valence-corrected chi connectivity index (χ0v) is 13.0. The fraction of sp³-hybridized carbons (Fsp3) is 0.625. The minimum absolute atomic E-state index is 0.337. The van der Waals surface area contributed by atoms with Gasteiger partial charge in [0.05, 0.1) is 18.4 Å². The monoisotopic (exact) mass is 291 g/mol. The molecule has 1 saturated heterocycles. The van der Waals surface area contributed by atoms with E-state index in [9.17, 15) is 4.79 Å². The lowest BCUT2D eigenvalue weighted by Gasteiger charge is -2.20. The van der Waals surface area contributed by atoms with Crippen molar-refractivity contribution in [1.82, 2.24) is 9.88 Å². The number of esters is 1. The Kier molecular flexibility index (Phi) is 5.99. The fourth-order valence-electron chi connectivity index (χ4n) is 2.69. The first kappa shape index (κ1) is 15.8. The Morgan fingerprint density at radius 1 is 1.29 bits per heavy atom. The first-order valence-electron chi connectivity index (χ1n) is 7.73. The zero-order valence-electron chi connectivity index (χ0n) is 13.0. The number of carbonyl (C=O) groups excluding carboxylic acids is 1. The summed E-state index contributed by atoms with van der Waals surface area (Å²) in [7, 11) is 1.38. The molecule has 1 N–H and O–H groups in total. The van der Waals surface area contributed by atoms with E-state index >= 15 is 0 Å². The number of methoxy groups -OCH3 is 1. The minimum atomic E-state index is -0.337. The standard InChI is InChI=1S/C16H25N3O2/c1-13-14(16(20)21-2)7-8-15(18-13)17-9-12-19-10-5-3-4-6-11-19/h7-8H,3-6,9-12H2,1-2H3,(H,17,18). The van der Waals surface area contributed by atoms with Crippen LogP contribution in [0.3, 0.4) is 0 Å². The van der Waals surface area contributed by atoms with Gasteiger partial charge in [-0.05, 0) is 45.0 Å². The van der Waals surface area contributed by atoms with Crippen molar-refractivity contribution < 1.29 is 9.53 Å². The van der Waals surface area contributed by atoms with Gasteiger partial charge in [-0.2, -0.15) is 0 Å². The highest BCUT2D eigenvalue weighted by atomic mass is 16.5. The summed E-state index contributed by atoms with van der Waals surface area (Å²) in [6.45, 7) is 6.15. The summed E-state index contributed by atoms with van der Waals surface area (Å²) in [5.74, 6) is 0.478. The lowest BCUT2D eigenvalue weighted by atomic mass is 10.2. The molecule has 0 bridgehead atoms. The van der Waals surface area contributed by atoms with Crippen LogP contribution >= 0.6 is 0 Å². The molecule has 0 saturated carbocycles. The van der Waals surface area contributed by atoms with Crippen LogP contribution in [-0.2, 0) is 4.74 Å². The lowest BCUT2D eigenvalue weighted by Crippen LogP contribution is -2.30. The highest BCUT2D eigenvalue weighted by molar-refractivity contribution is 5.90. The Morgan fingerprint density at radius 2 is 2.00 bits per heavy atom. The Hall–Kier alpha value is -1.62. The van der Waals surface area contributed by atoms with E-state index in [4.69, 9.17) is 4.74 Å². The van der Waals surface area contributed by atoms with Gasteiger partial charge in [-0.1, -0.05) is 12.8 Å². The topological polar surface area (TPSA) is 54.5 Å². The van der Waals surface area contributed by atoms with Gasteiger partial charge in [0.15, 0.2) is 0 Å². The second kappa shape index (κ2) is 7.98. The molecule has 0 amide bonds. The number of ether oxygens (including phenoxy) is 1. The molecule has 1 fully saturated rings. The van der Waals surface area contributed by atoms with Gasteiger partial charge in [-0.25, -0.2) is 9.78 Å². The quantitative estimate of drug-likeness (QED) is 0.845. The van der Waals surface area contributed by atoms with E-state index in [-0.39, 0.29) is 5.97 Å². The van der Waals surface area contributed by atoms with Gasteiger partial charge in [0.1, 0.15) is 5.82 Å². The lowest BCUT2D eigenvalue weighted by molar-refractivity contribution is 0.0599.